The Morgan fingerprint density at radius 2 is 2.37 bits per heavy atom. The van der Waals surface area contributed by atoms with Crippen LogP contribution in [0.25, 0.3) is 10.2 Å². The molecule has 3 heterocycles. The van der Waals surface area contributed by atoms with Crippen molar-refractivity contribution in [3.8, 4) is 0 Å². The van der Waals surface area contributed by atoms with Crippen molar-refractivity contribution in [3.63, 3.8) is 0 Å². The van der Waals surface area contributed by atoms with Gasteiger partial charge in [-0.15, -0.1) is 21.5 Å². The highest BCUT2D eigenvalue weighted by Crippen LogP contribution is 2.14. The highest BCUT2D eigenvalue weighted by Gasteiger charge is 2.10. The lowest BCUT2D eigenvalue weighted by Gasteiger charge is -2.06. The van der Waals surface area contributed by atoms with Crippen molar-refractivity contribution in [3.05, 3.63) is 38.7 Å². The van der Waals surface area contributed by atoms with Gasteiger partial charge in [0.1, 0.15) is 11.0 Å². The number of hydrogen-bond acceptors (Lipinski definition) is 5. The maximum absolute atomic E-state index is 12.4. The molecule has 6 nitrogen and oxygen atoms in total. The summed E-state index contributed by atoms with van der Waals surface area (Å²) in [5.41, 5.74) is 0.701. The van der Waals surface area contributed by atoms with Gasteiger partial charge in [-0.2, -0.15) is 0 Å². The summed E-state index contributed by atoms with van der Waals surface area (Å²) in [6.45, 7) is 3.09. The summed E-state index contributed by atoms with van der Waals surface area (Å²) in [6.07, 6.45) is 1.65. The number of aromatic nitrogens is 5. The molecule has 0 atom stereocenters. The van der Waals surface area contributed by atoms with Crippen molar-refractivity contribution >= 4 is 33.8 Å². The van der Waals surface area contributed by atoms with Crippen LogP contribution in [0, 0.1) is 4.77 Å². The quantitative estimate of drug-likeness (QED) is 0.747. The fraction of sp³-hybridized carbons (Fsp3) is 0.273. The van der Waals surface area contributed by atoms with Gasteiger partial charge >= 0.3 is 0 Å². The van der Waals surface area contributed by atoms with Crippen LogP contribution in [0.4, 0.5) is 0 Å². The summed E-state index contributed by atoms with van der Waals surface area (Å²) in [6, 6.07) is 1.86. The predicted molar refractivity (Wildman–Crippen MR) is 76.1 cm³/mol. The number of thiophene rings is 1. The molecule has 98 valence electrons. The number of nitrogens with one attached hydrogen (secondary N) is 1. The van der Waals surface area contributed by atoms with E-state index in [4.69, 9.17) is 12.2 Å². The lowest BCUT2D eigenvalue weighted by molar-refractivity contribution is 0.630. The number of H-pyrrole nitrogens is 1. The third-order valence-corrected chi connectivity index (χ3v) is 4.15. The van der Waals surface area contributed by atoms with E-state index in [-0.39, 0.29) is 5.56 Å². The highest BCUT2D eigenvalue weighted by atomic mass is 32.1. The molecule has 0 radical (unpaired) electrons. The predicted octanol–water partition coefficient (Wildman–Crippen LogP) is 1.78. The second-order valence-electron chi connectivity index (χ2n) is 4.02. The first kappa shape index (κ1) is 12.2. The molecule has 0 saturated carbocycles. The second kappa shape index (κ2) is 4.71. The Morgan fingerprint density at radius 1 is 1.53 bits per heavy atom. The van der Waals surface area contributed by atoms with Crippen molar-refractivity contribution in [2.75, 3.05) is 0 Å². The van der Waals surface area contributed by atoms with E-state index in [1.54, 1.807) is 6.33 Å². The van der Waals surface area contributed by atoms with Gasteiger partial charge in [0.15, 0.2) is 10.6 Å². The summed E-state index contributed by atoms with van der Waals surface area (Å²) >= 11 is 6.65. The van der Waals surface area contributed by atoms with Crippen molar-refractivity contribution in [2.45, 2.75) is 20.0 Å². The maximum Gasteiger partial charge on any atom is 0.272 e. The lowest BCUT2D eigenvalue weighted by Crippen LogP contribution is -2.23. The average Bonchev–Trinajstić information content (AvgIpc) is 3.02. The summed E-state index contributed by atoms with van der Waals surface area (Å²) in [7, 11) is 0. The molecule has 0 saturated heterocycles. The molecule has 0 aliphatic rings. The van der Waals surface area contributed by atoms with E-state index < -0.39 is 0 Å². The standard InChI is InChI=1S/C11H11N5OS2/c1-2-15-6-12-14-8(15)5-16-10(17)9-7(3-4-19-9)13-11(16)18/h3-4,6H,2,5H2,1H3,(H,13,18). The van der Waals surface area contributed by atoms with Crippen LogP contribution in [-0.4, -0.2) is 24.3 Å². The van der Waals surface area contributed by atoms with Crippen molar-refractivity contribution in [2.24, 2.45) is 0 Å². The number of hydrogen-bond donors (Lipinski definition) is 1. The molecule has 1 N–H and O–H groups in total. The summed E-state index contributed by atoms with van der Waals surface area (Å²) in [4.78, 5) is 15.4. The first-order valence-corrected chi connectivity index (χ1v) is 7.06. The number of aryl methyl sites for hydroxylation is 1. The molecule has 0 amide bonds. The zero-order valence-corrected chi connectivity index (χ0v) is 11.8. The molecule has 3 aromatic rings. The Labute approximate surface area is 117 Å². The van der Waals surface area contributed by atoms with Gasteiger partial charge in [0.05, 0.1) is 12.1 Å². The number of rotatable bonds is 3. The normalized spacial score (nSPS) is 11.2. The number of nitrogens with zero attached hydrogens (tertiary/aromatic N) is 4. The van der Waals surface area contributed by atoms with E-state index in [1.165, 1.54) is 15.9 Å². The Hall–Kier alpha value is -1.80. The fourth-order valence-corrected chi connectivity index (χ4v) is 2.98. The Morgan fingerprint density at radius 3 is 3.16 bits per heavy atom. The largest absolute Gasteiger partial charge is 0.331 e. The molecule has 0 unspecified atom stereocenters. The molecular formula is C11H11N5OS2. The molecule has 0 aromatic carbocycles. The van der Waals surface area contributed by atoms with E-state index in [9.17, 15) is 4.79 Å². The van der Waals surface area contributed by atoms with Crippen LogP contribution in [0.2, 0.25) is 0 Å². The first-order chi connectivity index (χ1) is 9.20. The highest BCUT2D eigenvalue weighted by molar-refractivity contribution is 7.71. The second-order valence-corrected chi connectivity index (χ2v) is 5.32. The molecule has 8 heteroatoms. The minimum atomic E-state index is -0.0839. The Balaban J connectivity index is 2.15. The van der Waals surface area contributed by atoms with E-state index in [1.807, 2.05) is 22.9 Å². The van der Waals surface area contributed by atoms with Crippen molar-refractivity contribution < 1.29 is 0 Å². The molecule has 0 aliphatic heterocycles. The topological polar surface area (TPSA) is 68.5 Å². The van der Waals surface area contributed by atoms with Crippen LogP contribution in [0.5, 0.6) is 0 Å². The van der Waals surface area contributed by atoms with Crippen LogP contribution < -0.4 is 5.56 Å². The van der Waals surface area contributed by atoms with E-state index in [2.05, 4.69) is 15.2 Å². The molecule has 0 aliphatic carbocycles. The third kappa shape index (κ3) is 2.02. The first-order valence-electron chi connectivity index (χ1n) is 5.77. The molecule has 0 spiro atoms. The molecule has 3 rings (SSSR count). The molecular weight excluding hydrogens is 282 g/mol. The summed E-state index contributed by atoms with van der Waals surface area (Å²) in [5.74, 6) is 0.722. The maximum atomic E-state index is 12.4. The van der Waals surface area contributed by atoms with Crippen LogP contribution in [0.3, 0.4) is 0 Å². The van der Waals surface area contributed by atoms with Gasteiger partial charge < -0.3 is 9.55 Å². The zero-order chi connectivity index (χ0) is 13.4. The fourth-order valence-electron chi connectivity index (χ4n) is 1.92. The lowest BCUT2D eigenvalue weighted by atomic mass is 10.4. The molecule has 3 aromatic heterocycles. The molecule has 19 heavy (non-hydrogen) atoms. The monoisotopic (exact) mass is 293 g/mol. The minimum absolute atomic E-state index is 0.0839. The van der Waals surface area contributed by atoms with E-state index >= 15 is 0 Å². The zero-order valence-electron chi connectivity index (χ0n) is 10.2. The van der Waals surface area contributed by atoms with Crippen molar-refractivity contribution in [1.82, 2.24) is 24.3 Å². The van der Waals surface area contributed by atoms with Gasteiger partial charge in [-0.3, -0.25) is 9.36 Å². The van der Waals surface area contributed by atoms with Crippen LogP contribution >= 0.6 is 23.6 Å². The van der Waals surface area contributed by atoms with E-state index in [0.29, 0.717) is 16.0 Å². The molecule has 0 bridgehead atoms. The summed E-state index contributed by atoms with van der Waals surface area (Å²) in [5, 5.41) is 9.76. The minimum Gasteiger partial charge on any atom is -0.331 e. The van der Waals surface area contributed by atoms with Gasteiger partial charge in [0.2, 0.25) is 0 Å². The summed E-state index contributed by atoms with van der Waals surface area (Å²) < 4.78 is 4.49. The Kier molecular flexibility index (Phi) is 3.03. The Bertz CT molecular complexity index is 841. The van der Waals surface area contributed by atoms with Crippen LogP contribution in [-0.2, 0) is 13.1 Å². The smallest absolute Gasteiger partial charge is 0.272 e. The van der Waals surface area contributed by atoms with Crippen LogP contribution in [0.15, 0.2) is 22.6 Å². The van der Waals surface area contributed by atoms with Gasteiger partial charge in [0, 0.05) is 6.54 Å². The molecule has 0 fully saturated rings. The van der Waals surface area contributed by atoms with Gasteiger partial charge in [-0.25, -0.2) is 0 Å². The van der Waals surface area contributed by atoms with Crippen LogP contribution in [0.1, 0.15) is 12.7 Å². The van der Waals surface area contributed by atoms with Gasteiger partial charge in [0.25, 0.3) is 5.56 Å². The van der Waals surface area contributed by atoms with Crippen molar-refractivity contribution in [1.29, 1.82) is 0 Å². The van der Waals surface area contributed by atoms with Gasteiger partial charge in [-0.1, -0.05) is 0 Å². The van der Waals surface area contributed by atoms with Gasteiger partial charge in [-0.05, 0) is 30.6 Å². The number of fused-ring (bicyclic) bond motifs is 1. The van der Waals surface area contributed by atoms with E-state index in [0.717, 1.165) is 17.9 Å². The number of aromatic amines is 1. The SMILES string of the molecule is CCn1cnnc1Cn1c(=S)[nH]c2ccsc2c1=O. The third-order valence-electron chi connectivity index (χ3n) is 2.93. The average molecular weight is 293 g/mol.